The molecule has 454 valence electrons. The zero-order valence-electron chi connectivity index (χ0n) is 53.0. The first kappa shape index (κ1) is 55.5. The van der Waals surface area contributed by atoms with Crippen LogP contribution in [0.3, 0.4) is 0 Å². The Bertz CT molecular complexity index is 5750. The first-order valence-corrected chi connectivity index (χ1v) is 33.5. The Morgan fingerprint density at radius 2 is 0.398 bits per heavy atom. The van der Waals surface area contributed by atoms with E-state index in [4.69, 9.17) is 29.9 Å². The van der Waals surface area contributed by atoms with Crippen LogP contribution in [-0.4, -0.2) is 29.9 Å². The number of benzene rings is 14. The lowest BCUT2D eigenvalue weighted by atomic mass is 9.69. The van der Waals surface area contributed by atoms with Gasteiger partial charge in [0.2, 0.25) is 0 Å². The van der Waals surface area contributed by atoms with Crippen molar-refractivity contribution in [3.8, 4) is 146 Å². The molecule has 2 aromatic heterocycles. The van der Waals surface area contributed by atoms with E-state index in [1.54, 1.807) is 0 Å². The smallest absolute Gasteiger partial charge is 0.164 e. The highest BCUT2D eigenvalue weighted by molar-refractivity contribution is 6.03. The Balaban J connectivity index is 0.737. The molecule has 0 fully saturated rings. The van der Waals surface area contributed by atoms with Gasteiger partial charge in [0.15, 0.2) is 34.9 Å². The van der Waals surface area contributed by atoms with E-state index in [0.717, 1.165) is 55.6 Å². The van der Waals surface area contributed by atoms with Crippen LogP contribution in [0.25, 0.3) is 146 Å². The van der Waals surface area contributed by atoms with Gasteiger partial charge in [-0.25, -0.2) is 29.9 Å². The van der Waals surface area contributed by atoms with Crippen LogP contribution in [-0.2, 0) is 10.8 Å². The Morgan fingerprint density at radius 3 is 0.847 bits per heavy atom. The monoisotopic (exact) mass is 1240 g/mol. The van der Waals surface area contributed by atoms with Crippen LogP contribution in [0.2, 0.25) is 0 Å². The van der Waals surface area contributed by atoms with Gasteiger partial charge in [0, 0.05) is 33.4 Å². The van der Waals surface area contributed by atoms with E-state index in [9.17, 15) is 0 Å². The van der Waals surface area contributed by atoms with Crippen molar-refractivity contribution in [2.75, 3.05) is 0 Å². The van der Waals surface area contributed by atoms with Crippen molar-refractivity contribution in [3.63, 3.8) is 0 Å². The normalized spacial score (nSPS) is 14.2. The van der Waals surface area contributed by atoms with Crippen LogP contribution in [0.5, 0.6) is 0 Å². The lowest BCUT2D eigenvalue weighted by Gasteiger charge is -2.31. The first-order valence-electron chi connectivity index (χ1n) is 33.5. The van der Waals surface area contributed by atoms with E-state index < -0.39 is 10.8 Å². The van der Waals surface area contributed by atoms with Crippen LogP contribution >= 0.6 is 0 Å². The molecule has 4 aliphatic carbocycles. The summed E-state index contributed by atoms with van der Waals surface area (Å²) in [7, 11) is 0. The maximum absolute atomic E-state index is 5.15. The fraction of sp³-hybridized carbons (Fsp3) is 0.0217. The largest absolute Gasteiger partial charge is 0.208 e. The van der Waals surface area contributed by atoms with Gasteiger partial charge in [-0.1, -0.05) is 315 Å². The average molecular weight is 1250 g/mol. The van der Waals surface area contributed by atoms with Crippen LogP contribution < -0.4 is 0 Å². The van der Waals surface area contributed by atoms with Gasteiger partial charge in [0.05, 0.1) is 10.8 Å². The molecule has 2 spiro atoms. The molecule has 1 atom stereocenters. The molecular formula is C92H56N6. The highest BCUT2D eigenvalue weighted by Crippen LogP contribution is 2.67. The molecule has 14 aromatic carbocycles. The fourth-order valence-electron chi connectivity index (χ4n) is 16.6. The summed E-state index contributed by atoms with van der Waals surface area (Å²) < 4.78 is 0. The molecule has 6 nitrogen and oxygen atoms in total. The number of aromatic nitrogens is 6. The summed E-state index contributed by atoms with van der Waals surface area (Å²) in [5.41, 5.74) is 31.5. The SMILES string of the molecule is c1ccc(-c2nc(-c3ccccc3)nc(-c3ccc(-c4ccc5c(c4)C4(c6ccccc6-c6ccccc64)c4cccc(-c6ccc7c(c6)C6(c8ccccc8-c8ccc(-c9cccc(-c%10nc(-c%11ccccc%11)nc(-c%11ccccc%11)n%10)c9)cc86)c6ccccc6-7)c4-5)cc3)n2)cc1. The molecule has 0 N–H and O–H groups in total. The van der Waals surface area contributed by atoms with Crippen molar-refractivity contribution in [2.45, 2.75) is 10.8 Å². The Morgan fingerprint density at radius 1 is 0.143 bits per heavy atom. The van der Waals surface area contributed by atoms with E-state index in [0.29, 0.717) is 34.9 Å². The second-order valence-electron chi connectivity index (χ2n) is 25.9. The van der Waals surface area contributed by atoms with Crippen LogP contribution in [0.1, 0.15) is 44.5 Å². The van der Waals surface area contributed by atoms with Crippen molar-refractivity contribution in [2.24, 2.45) is 0 Å². The van der Waals surface area contributed by atoms with E-state index in [1.807, 2.05) is 72.8 Å². The van der Waals surface area contributed by atoms with Gasteiger partial charge >= 0.3 is 0 Å². The third kappa shape index (κ3) is 8.28. The van der Waals surface area contributed by atoms with E-state index in [2.05, 4.69) is 267 Å². The Kier molecular flexibility index (Phi) is 12.4. The molecule has 0 radical (unpaired) electrons. The Labute approximate surface area is 567 Å². The zero-order chi connectivity index (χ0) is 64.5. The quantitative estimate of drug-likeness (QED) is 0.143. The summed E-state index contributed by atoms with van der Waals surface area (Å²) in [5, 5.41) is 0. The molecule has 0 aliphatic heterocycles. The summed E-state index contributed by atoms with van der Waals surface area (Å²) in [5.74, 6) is 3.80. The minimum absolute atomic E-state index is 0.598. The minimum atomic E-state index is -0.631. The molecule has 1 unspecified atom stereocenters. The molecule has 98 heavy (non-hydrogen) atoms. The van der Waals surface area contributed by atoms with E-state index in [1.165, 1.54) is 100 Å². The van der Waals surface area contributed by atoms with Gasteiger partial charge in [0.1, 0.15) is 0 Å². The first-order chi connectivity index (χ1) is 48.6. The van der Waals surface area contributed by atoms with Gasteiger partial charge in [0.25, 0.3) is 0 Å². The molecule has 16 aromatic rings. The minimum Gasteiger partial charge on any atom is -0.208 e. The number of fused-ring (bicyclic) bond motifs is 20. The van der Waals surface area contributed by atoms with Gasteiger partial charge in [-0.2, -0.15) is 0 Å². The van der Waals surface area contributed by atoms with Crippen LogP contribution in [0.4, 0.5) is 0 Å². The molecule has 0 saturated heterocycles. The number of hydrogen-bond donors (Lipinski definition) is 0. The highest BCUT2D eigenvalue weighted by atomic mass is 15.0. The van der Waals surface area contributed by atoms with Gasteiger partial charge in [-0.05, 0) is 147 Å². The molecule has 0 bridgehead atoms. The third-order valence-electron chi connectivity index (χ3n) is 20.8. The van der Waals surface area contributed by atoms with Gasteiger partial charge < -0.3 is 0 Å². The fourth-order valence-corrected chi connectivity index (χ4v) is 16.6. The van der Waals surface area contributed by atoms with E-state index >= 15 is 0 Å². The predicted octanol–water partition coefficient (Wildman–Crippen LogP) is 21.7. The van der Waals surface area contributed by atoms with Crippen LogP contribution in [0.15, 0.2) is 340 Å². The molecule has 4 aliphatic rings. The van der Waals surface area contributed by atoms with Crippen molar-refractivity contribution in [3.05, 3.63) is 384 Å². The van der Waals surface area contributed by atoms with Gasteiger partial charge in [-0.3, -0.25) is 0 Å². The third-order valence-corrected chi connectivity index (χ3v) is 20.8. The zero-order valence-corrected chi connectivity index (χ0v) is 53.0. The molecule has 2 heterocycles. The molecule has 0 amide bonds. The average Bonchev–Trinajstić information content (AvgIpc) is 1.51. The van der Waals surface area contributed by atoms with E-state index in [-0.39, 0.29) is 0 Å². The van der Waals surface area contributed by atoms with Crippen molar-refractivity contribution in [1.29, 1.82) is 0 Å². The van der Waals surface area contributed by atoms with Crippen molar-refractivity contribution in [1.82, 2.24) is 29.9 Å². The lowest BCUT2D eigenvalue weighted by molar-refractivity contribution is 0.793. The second-order valence-corrected chi connectivity index (χ2v) is 25.9. The summed E-state index contributed by atoms with van der Waals surface area (Å²) >= 11 is 0. The maximum atomic E-state index is 5.15. The summed E-state index contributed by atoms with van der Waals surface area (Å²) in [6.07, 6.45) is 0. The second kappa shape index (κ2) is 21.8. The number of hydrogen-bond acceptors (Lipinski definition) is 6. The van der Waals surface area contributed by atoms with Crippen molar-refractivity contribution < 1.29 is 0 Å². The Hall–Kier alpha value is -12.9. The van der Waals surface area contributed by atoms with Crippen molar-refractivity contribution >= 4 is 0 Å². The lowest BCUT2D eigenvalue weighted by Crippen LogP contribution is -2.26. The predicted molar refractivity (Wildman–Crippen MR) is 395 cm³/mol. The molecule has 6 heteroatoms. The standard InChI is InChI=1S/C92H56N6/c1-5-23-58(24-6-1)85-93-86(59-25-7-2-8-26-59)96-89(95-85)62-45-43-57(44-46-62)64-48-52-75-83(54-64)91(76-38-17-13-33-69(76)70-34-14-18-39-77(70)91)80-42-22-37-68(84(75)80)66-49-51-74-72-36-16-20-41-79(72)92(82(74)56-66)78-40-19-15-35-71(78)73-50-47-65(55-81(73)92)63-31-21-32-67(53-63)90-97-87(60-27-9-3-10-28-60)94-88(98-90)61-29-11-4-12-30-61/h1-56H. The summed E-state index contributed by atoms with van der Waals surface area (Å²) in [6.45, 7) is 0. The maximum Gasteiger partial charge on any atom is 0.164 e. The van der Waals surface area contributed by atoms with Gasteiger partial charge in [-0.15, -0.1) is 0 Å². The number of rotatable bonds is 9. The molecule has 0 saturated carbocycles. The summed E-state index contributed by atoms with van der Waals surface area (Å²) in [6, 6.07) is 123. The number of nitrogens with zero attached hydrogens (tertiary/aromatic N) is 6. The molecule has 20 rings (SSSR count). The van der Waals surface area contributed by atoms with Crippen LogP contribution in [0, 0.1) is 0 Å². The highest BCUT2D eigenvalue weighted by Gasteiger charge is 2.54. The molecular weight excluding hydrogens is 1190 g/mol. The topological polar surface area (TPSA) is 77.3 Å². The summed E-state index contributed by atoms with van der Waals surface area (Å²) in [4.78, 5) is 30.5.